The lowest BCUT2D eigenvalue weighted by atomic mass is 10.2. The first-order valence-corrected chi connectivity index (χ1v) is 7.75. The lowest BCUT2D eigenvalue weighted by molar-refractivity contribution is -0.121. The van der Waals surface area contributed by atoms with Crippen molar-refractivity contribution in [3.63, 3.8) is 0 Å². The van der Waals surface area contributed by atoms with Crippen LogP contribution >= 0.6 is 12.4 Å². The van der Waals surface area contributed by atoms with E-state index in [4.69, 9.17) is 5.73 Å². The number of aromatic nitrogens is 1. The van der Waals surface area contributed by atoms with Crippen LogP contribution in [0.2, 0.25) is 0 Å². The van der Waals surface area contributed by atoms with Crippen molar-refractivity contribution in [2.24, 2.45) is 0 Å². The zero-order valence-electron chi connectivity index (χ0n) is 14.1. The van der Waals surface area contributed by atoms with Crippen molar-refractivity contribution >= 4 is 24.0 Å². The van der Waals surface area contributed by atoms with Gasteiger partial charge in [0.05, 0.1) is 18.3 Å². The third-order valence-electron chi connectivity index (χ3n) is 3.48. The fourth-order valence-corrected chi connectivity index (χ4v) is 2.50. The maximum absolute atomic E-state index is 12.0. The van der Waals surface area contributed by atoms with E-state index in [9.17, 15) is 4.79 Å². The molecule has 24 heavy (non-hydrogen) atoms. The molecule has 130 valence electrons. The molecular formula is C18H25ClN4O. The molecule has 0 aliphatic carbocycles. The van der Waals surface area contributed by atoms with Crippen molar-refractivity contribution < 1.29 is 4.79 Å². The largest absolute Gasteiger partial charge is 0.397 e. The van der Waals surface area contributed by atoms with Crippen molar-refractivity contribution in [3.8, 4) is 0 Å². The molecule has 0 aliphatic heterocycles. The van der Waals surface area contributed by atoms with Crippen molar-refractivity contribution in [1.29, 1.82) is 0 Å². The van der Waals surface area contributed by atoms with E-state index < -0.39 is 0 Å². The summed E-state index contributed by atoms with van der Waals surface area (Å²) in [6, 6.07) is 13.9. The summed E-state index contributed by atoms with van der Waals surface area (Å²) in [4.78, 5) is 18.4. The predicted molar refractivity (Wildman–Crippen MR) is 100.0 cm³/mol. The molecule has 0 aliphatic rings. The predicted octanol–water partition coefficient (Wildman–Crippen LogP) is 2.26. The standard InChI is InChI=1S/C18H24N4O.ClH/c1-14(12-22(2)13-15-6-4-3-5-7-15)21-18(23)10-17-9-8-16(19)11-20-17;/h3-9,11,14H,10,12-13,19H2,1-2H3,(H,21,23);1H. The molecule has 1 atom stereocenters. The van der Waals surface area contributed by atoms with Crippen LogP contribution in [0.15, 0.2) is 48.7 Å². The van der Waals surface area contributed by atoms with Gasteiger partial charge in [0.15, 0.2) is 0 Å². The summed E-state index contributed by atoms with van der Waals surface area (Å²) >= 11 is 0. The Bertz CT molecular complexity index is 619. The molecule has 0 spiro atoms. The molecule has 0 fully saturated rings. The van der Waals surface area contributed by atoms with Gasteiger partial charge in [0.2, 0.25) is 5.91 Å². The van der Waals surface area contributed by atoms with Crippen LogP contribution in [-0.2, 0) is 17.8 Å². The van der Waals surface area contributed by atoms with Gasteiger partial charge in [0.25, 0.3) is 0 Å². The van der Waals surface area contributed by atoms with E-state index in [1.807, 2.05) is 25.1 Å². The molecule has 1 aromatic carbocycles. The number of carbonyl (C=O) groups excluding carboxylic acids is 1. The number of nitrogens with two attached hydrogens (primary N) is 1. The average Bonchev–Trinajstić information content (AvgIpc) is 2.50. The number of anilines is 1. The summed E-state index contributed by atoms with van der Waals surface area (Å²) in [5.74, 6) is -0.0251. The third kappa shape index (κ3) is 6.98. The van der Waals surface area contributed by atoms with Gasteiger partial charge in [-0.05, 0) is 31.7 Å². The summed E-state index contributed by atoms with van der Waals surface area (Å²) in [5, 5.41) is 3.01. The number of nitrogen functional groups attached to an aromatic ring is 1. The molecule has 0 bridgehead atoms. The minimum atomic E-state index is -0.0251. The highest BCUT2D eigenvalue weighted by molar-refractivity contribution is 5.85. The second kappa shape index (κ2) is 9.90. The van der Waals surface area contributed by atoms with Crippen LogP contribution in [0.5, 0.6) is 0 Å². The number of rotatable bonds is 7. The van der Waals surface area contributed by atoms with Gasteiger partial charge >= 0.3 is 0 Å². The van der Waals surface area contributed by atoms with Crippen LogP contribution in [0.3, 0.4) is 0 Å². The molecule has 3 N–H and O–H groups in total. The number of benzene rings is 1. The number of hydrogen-bond acceptors (Lipinski definition) is 4. The Kier molecular flexibility index (Phi) is 8.22. The monoisotopic (exact) mass is 348 g/mol. The number of nitrogens with zero attached hydrogens (tertiary/aromatic N) is 2. The van der Waals surface area contributed by atoms with Gasteiger partial charge < -0.3 is 16.0 Å². The van der Waals surface area contributed by atoms with Gasteiger partial charge in [-0.3, -0.25) is 9.78 Å². The van der Waals surface area contributed by atoms with Crippen molar-refractivity contribution in [2.45, 2.75) is 25.9 Å². The number of amides is 1. The van der Waals surface area contributed by atoms with E-state index in [1.165, 1.54) is 5.56 Å². The fraction of sp³-hybridized carbons (Fsp3) is 0.333. The van der Waals surface area contributed by atoms with Crippen molar-refractivity contribution in [3.05, 3.63) is 59.9 Å². The van der Waals surface area contributed by atoms with Gasteiger partial charge in [0.1, 0.15) is 0 Å². The summed E-state index contributed by atoms with van der Waals surface area (Å²) < 4.78 is 0. The third-order valence-corrected chi connectivity index (χ3v) is 3.48. The number of carbonyl (C=O) groups is 1. The fourth-order valence-electron chi connectivity index (χ4n) is 2.50. The molecule has 0 radical (unpaired) electrons. The Morgan fingerprint density at radius 1 is 1.25 bits per heavy atom. The van der Waals surface area contributed by atoms with Gasteiger partial charge in [-0.1, -0.05) is 30.3 Å². The van der Waals surface area contributed by atoms with Gasteiger partial charge in [-0.15, -0.1) is 12.4 Å². The van der Waals surface area contributed by atoms with Gasteiger partial charge in [-0.2, -0.15) is 0 Å². The molecule has 5 nitrogen and oxygen atoms in total. The number of likely N-dealkylation sites (N-methyl/N-ethyl adjacent to an activating group) is 1. The van der Waals surface area contributed by atoms with E-state index in [0.29, 0.717) is 5.69 Å². The highest BCUT2D eigenvalue weighted by Crippen LogP contribution is 2.04. The SMILES string of the molecule is CC(CN(C)Cc1ccccc1)NC(=O)Cc1ccc(N)cn1.Cl. The van der Waals surface area contributed by atoms with Gasteiger partial charge in [-0.25, -0.2) is 0 Å². The van der Waals surface area contributed by atoms with E-state index in [0.717, 1.165) is 18.8 Å². The number of pyridine rings is 1. The highest BCUT2D eigenvalue weighted by atomic mass is 35.5. The van der Waals surface area contributed by atoms with Crippen LogP contribution in [0.4, 0.5) is 5.69 Å². The molecule has 0 saturated carbocycles. The van der Waals surface area contributed by atoms with Crippen LogP contribution < -0.4 is 11.1 Å². The van der Waals surface area contributed by atoms with E-state index in [2.05, 4.69) is 34.4 Å². The first-order valence-electron chi connectivity index (χ1n) is 7.75. The lowest BCUT2D eigenvalue weighted by Gasteiger charge is -2.22. The number of hydrogen-bond donors (Lipinski definition) is 2. The quantitative estimate of drug-likeness (QED) is 0.805. The molecule has 1 unspecified atom stereocenters. The Hall–Kier alpha value is -2.11. The maximum Gasteiger partial charge on any atom is 0.226 e. The van der Waals surface area contributed by atoms with E-state index >= 15 is 0 Å². The number of halogens is 1. The molecule has 1 aromatic heterocycles. The highest BCUT2D eigenvalue weighted by Gasteiger charge is 2.11. The van der Waals surface area contributed by atoms with Crippen molar-refractivity contribution in [1.82, 2.24) is 15.2 Å². The Morgan fingerprint density at radius 2 is 1.96 bits per heavy atom. The maximum atomic E-state index is 12.0. The van der Waals surface area contributed by atoms with Crippen LogP contribution in [0.25, 0.3) is 0 Å². The molecule has 1 heterocycles. The van der Waals surface area contributed by atoms with Crippen LogP contribution in [-0.4, -0.2) is 35.4 Å². The minimum Gasteiger partial charge on any atom is -0.397 e. The molecule has 1 amide bonds. The summed E-state index contributed by atoms with van der Waals surface area (Å²) in [7, 11) is 2.05. The second-order valence-corrected chi connectivity index (χ2v) is 5.91. The zero-order valence-corrected chi connectivity index (χ0v) is 14.9. The smallest absolute Gasteiger partial charge is 0.226 e. The summed E-state index contributed by atoms with van der Waals surface area (Å²) in [5.41, 5.74) is 8.18. The number of nitrogens with one attached hydrogen (secondary N) is 1. The van der Waals surface area contributed by atoms with Gasteiger partial charge in [0, 0.05) is 24.8 Å². The zero-order chi connectivity index (χ0) is 16.7. The first kappa shape index (κ1) is 19.9. The van der Waals surface area contributed by atoms with E-state index in [-0.39, 0.29) is 30.8 Å². The molecule has 2 aromatic rings. The lowest BCUT2D eigenvalue weighted by Crippen LogP contribution is -2.41. The summed E-state index contributed by atoms with van der Waals surface area (Å²) in [6.07, 6.45) is 1.84. The average molecular weight is 349 g/mol. The Balaban J connectivity index is 0.00000288. The first-order chi connectivity index (χ1) is 11.0. The van der Waals surface area contributed by atoms with Crippen molar-refractivity contribution in [2.75, 3.05) is 19.3 Å². The summed E-state index contributed by atoms with van der Waals surface area (Å²) in [6.45, 7) is 3.66. The molecule has 0 saturated heterocycles. The Morgan fingerprint density at radius 3 is 2.58 bits per heavy atom. The molecule has 2 rings (SSSR count). The second-order valence-electron chi connectivity index (χ2n) is 5.91. The van der Waals surface area contributed by atoms with E-state index in [1.54, 1.807) is 18.3 Å². The normalized spacial score (nSPS) is 11.6. The topological polar surface area (TPSA) is 71.2 Å². The minimum absolute atomic E-state index is 0. The van der Waals surface area contributed by atoms with Crippen LogP contribution in [0, 0.1) is 0 Å². The Labute approximate surface area is 149 Å². The molecular weight excluding hydrogens is 324 g/mol. The van der Waals surface area contributed by atoms with Crippen LogP contribution in [0.1, 0.15) is 18.2 Å². The molecule has 6 heteroatoms.